The number of hydrogen-bond acceptors (Lipinski definition) is 11. The zero-order valence-electron chi connectivity index (χ0n) is 37.9. The lowest BCUT2D eigenvalue weighted by Gasteiger charge is -2.31. The second-order valence-electron chi connectivity index (χ2n) is 17.3. The highest BCUT2D eigenvalue weighted by atomic mass is 19.1. The van der Waals surface area contributed by atoms with Gasteiger partial charge in [-0.15, -0.1) is 0 Å². The average Bonchev–Trinajstić information content (AvgIpc) is 3.84. The summed E-state index contributed by atoms with van der Waals surface area (Å²) in [5.74, 6) is -3.13. The predicted octanol–water partition coefficient (Wildman–Crippen LogP) is 4.88. The van der Waals surface area contributed by atoms with Gasteiger partial charge in [-0.2, -0.15) is 0 Å². The van der Waals surface area contributed by atoms with Crippen molar-refractivity contribution in [1.29, 1.82) is 0 Å². The Morgan fingerprint density at radius 3 is 2.21 bits per heavy atom. The molecule has 2 aromatic heterocycles. The van der Waals surface area contributed by atoms with E-state index in [2.05, 4.69) is 21.3 Å². The number of aryl methyl sites for hydroxylation is 2. The van der Waals surface area contributed by atoms with Crippen molar-refractivity contribution in [2.24, 2.45) is 0 Å². The van der Waals surface area contributed by atoms with E-state index in [1.54, 1.807) is 30.5 Å². The standard InChI is InChI=1S/C50H53FN6O10/c1-6-50(64)39-20-42-43-36(22-57(42)47(61)38(39)24-66-48(50)62)34(35-19-26(2)40(51)21-41(35)56-43)17-11-12-18-65-25-52-44(58)27(3)53-45(59)28(4)54-46(60)29(5)55-49(63)67-23-37-32-15-9-7-13-30(32)31-14-8-10-16-33(31)37/h7-10,13-16,19-21,27-29,37,64H,6,11-12,17-18,22-25H2,1-5H3,(H,52,58)(H,53,59)(H,54,60)(H,55,63)/t27?,28?,29?,50-/m0/s1. The SMILES string of the molecule is CC[C@@]1(O)C(=O)OCc2c1cc1n(c2=O)Cc2c-1nc1cc(F)c(C)cc1c2CCCCOCNC(=O)C(C)NC(=O)C(C)NC(=O)C(C)NC(=O)OCC1c2ccccc2-c2ccccc21. The number of alkyl carbamates (subject to hydrolysis) is 1. The Balaban J connectivity index is 0.783. The van der Waals surface area contributed by atoms with Gasteiger partial charge >= 0.3 is 12.1 Å². The summed E-state index contributed by atoms with van der Waals surface area (Å²) in [5.41, 5.74) is 5.80. The lowest BCUT2D eigenvalue weighted by atomic mass is 9.86. The fourth-order valence-electron chi connectivity index (χ4n) is 9.12. The van der Waals surface area contributed by atoms with E-state index >= 15 is 0 Å². The number of aliphatic hydroxyl groups is 1. The quantitative estimate of drug-likeness (QED) is 0.0501. The van der Waals surface area contributed by atoms with Crippen LogP contribution in [-0.4, -0.2) is 82.5 Å². The van der Waals surface area contributed by atoms with Crippen LogP contribution in [0.3, 0.4) is 0 Å². The molecule has 0 spiro atoms. The van der Waals surface area contributed by atoms with E-state index in [9.17, 15) is 38.3 Å². The van der Waals surface area contributed by atoms with Gasteiger partial charge in [0.05, 0.1) is 29.0 Å². The van der Waals surface area contributed by atoms with Gasteiger partial charge in [0.25, 0.3) is 5.56 Å². The second-order valence-corrected chi connectivity index (χ2v) is 17.3. The zero-order valence-corrected chi connectivity index (χ0v) is 37.9. The monoisotopic (exact) mass is 916 g/mol. The van der Waals surface area contributed by atoms with Crippen LogP contribution < -0.4 is 26.8 Å². The van der Waals surface area contributed by atoms with Gasteiger partial charge in [0.15, 0.2) is 5.60 Å². The molecule has 0 saturated heterocycles. The highest BCUT2D eigenvalue weighted by Crippen LogP contribution is 2.45. The Morgan fingerprint density at radius 1 is 0.896 bits per heavy atom. The van der Waals surface area contributed by atoms with Gasteiger partial charge in [-0.05, 0) is 98.9 Å². The van der Waals surface area contributed by atoms with E-state index in [1.807, 2.05) is 48.5 Å². The molecule has 16 nitrogen and oxygen atoms in total. The van der Waals surface area contributed by atoms with Crippen LogP contribution in [-0.2, 0) is 58.6 Å². The van der Waals surface area contributed by atoms with Crippen LogP contribution in [0.2, 0.25) is 0 Å². The summed E-state index contributed by atoms with van der Waals surface area (Å²) in [6, 6.07) is 17.6. The van der Waals surface area contributed by atoms with Gasteiger partial charge in [0, 0.05) is 35.1 Å². The minimum Gasteiger partial charge on any atom is -0.458 e. The van der Waals surface area contributed by atoms with Gasteiger partial charge in [0.2, 0.25) is 17.7 Å². The van der Waals surface area contributed by atoms with Crippen LogP contribution in [0.15, 0.2) is 71.5 Å². The Labute approximate surface area is 385 Å². The highest BCUT2D eigenvalue weighted by Gasteiger charge is 2.45. The molecule has 0 saturated carbocycles. The lowest BCUT2D eigenvalue weighted by molar-refractivity contribution is -0.172. The first-order chi connectivity index (χ1) is 32.1. The number of carbonyl (C=O) groups excluding carboxylic acids is 5. The summed E-state index contributed by atoms with van der Waals surface area (Å²) in [4.78, 5) is 82.6. The average molecular weight is 917 g/mol. The number of carbonyl (C=O) groups is 5. The summed E-state index contributed by atoms with van der Waals surface area (Å²) in [7, 11) is 0. The smallest absolute Gasteiger partial charge is 0.407 e. The Kier molecular flexibility index (Phi) is 13.3. The van der Waals surface area contributed by atoms with Gasteiger partial charge in [0.1, 0.15) is 43.9 Å². The molecule has 0 bridgehead atoms. The van der Waals surface area contributed by atoms with Crippen molar-refractivity contribution < 1.29 is 47.7 Å². The van der Waals surface area contributed by atoms with Gasteiger partial charge in [-0.3, -0.25) is 19.2 Å². The minimum absolute atomic E-state index is 0.00640. The summed E-state index contributed by atoms with van der Waals surface area (Å²) >= 11 is 0. The number of amides is 4. The second kappa shape index (κ2) is 19.1. The number of fused-ring (bicyclic) bond motifs is 8. The van der Waals surface area contributed by atoms with E-state index in [-0.39, 0.29) is 62.1 Å². The maximum absolute atomic E-state index is 14.9. The van der Waals surface area contributed by atoms with Gasteiger partial charge in [-0.25, -0.2) is 19.0 Å². The number of unbranched alkanes of at least 4 members (excludes halogenated alkanes) is 1. The molecular formula is C50H53FN6O10. The first-order valence-electron chi connectivity index (χ1n) is 22.5. The van der Waals surface area contributed by atoms with Gasteiger partial charge < -0.3 is 45.2 Å². The fraction of sp³-hybridized carbons (Fsp3) is 0.380. The third kappa shape index (κ3) is 9.00. The van der Waals surface area contributed by atoms with Crippen molar-refractivity contribution >= 4 is 40.7 Å². The molecule has 4 heterocycles. The Hall–Kier alpha value is -6.98. The van der Waals surface area contributed by atoms with Crippen LogP contribution in [0, 0.1) is 12.7 Å². The molecule has 2 aliphatic heterocycles. The van der Waals surface area contributed by atoms with Crippen molar-refractivity contribution in [3.05, 3.63) is 122 Å². The van der Waals surface area contributed by atoms with E-state index in [0.29, 0.717) is 41.7 Å². The lowest BCUT2D eigenvalue weighted by Crippen LogP contribution is -2.54. The summed E-state index contributed by atoms with van der Waals surface area (Å²) < 4.78 is 32.9. The molecule has 3 unspecified atom stereocenters. The topological polar surface area (TPSA) is 216 Å². The van der Waals surface area contributed by atoms with Crippen LogP contribution in [0.5, 0.6) is 0 Å². The summed E-state index contributed by atoms with van der Waals surface area (Å²) in [5, 5.41) is 22.3. The van der Waals surface area contributed by atoms with Crippen molar-refractivity contribution in [2.75, 3.05) is 19.9 Å². The highest BCUT2D eigenvalue weighted by molar-refractivity contribution is 5.94. The number of rotatable bonds is 16. The number of benzene rings is 3. The number of cyclic esters (lactones) is 1. The number of halogens is 1. The Morgan fingerprint density at radius 2 is 1.54 bits per heavy atom. The zero-order chi connectivity index (χ0) is 47.7. The van der Waals surface area contributed by atoms with Crippen LogP contribution in [0.4, 0.5) is 9.18 Å². The number of nitrogens with zero attached hydrogens (tertiary/aromatic N) is 2. The third-order valence-corrected chi connectivity index (χ3v) is 13.0. The summed E-state index contributed by atoms with van der Waals surface area (Å²) in [6.45, 7) is 7.91. The normalized spacial score (nSPS) is 16.9. The maximum Gasteiger partial charge on any atom is 0.407 e. The molecule has 3 aromatic carbocycles. The number of esters is 1. The Bertz CT molecular complexity index is 2840. The van der Waals surface area contributed by atoms with Crippen molar-refractivity contribution in [3.8, 4) is 22.5 Å². The molecule has 5 N–H and O–H groups in total. The van der Waals surface area contributed by atoms with Crippen molar-refractivity contribution in [3.63, 3.8) is 0 Å². The third-order valence-electron chi connectivity index (χ3n) is 13.0. The van der Waals surface area contributed by atoms with Crippen LogP contribution in [0.25, 0.3) is 33.4 Å². The molecule has 350 valence electrons. The molecule has 4 amide bonds. The molecule has 1 aliphatic carbocycles. The predicted molar refractivity (Wildman–Crippen MR) is 244 cm³/mol. The molecule has 5 aromatic rings. The molecular weight excluding hydrogens is 864 g/mol. The van der Waals surface area contributed by atoms with E-state index in [1.165, 1.54) is 26.8 Å². The number of pyridine rings is 2. The first-order valence-corrected chi connectivity index (χ1v) is 22.5. The largest absolute Gasteiger partial charge is 0.458 e. The number of hydrogen-bond donors (Lipinski definition) is 5. The molecule has 67 heavy (non-hydrogen) atoms. The first kappa shape index (κ1) is 46.5. The van der Waals surface area contributed by atoms with Crippen molar-refractivity contribution in [1.82, 2.24) is 30.8 Å². The number of nitrogens with one attached hydrogen (secondary N) is 4. The van der Waals surface area contributed by atoms with Crippen LogP contribution >= 0.6 is 0 Å². The molecule has 17 heteroatoms. The summed E-state index contributed by atoms with van der Waals surface area (Å²) in [6.07, 6.45) is 0.975. The van der Waals surface area contributed by atoms with E-state index in [4.69, 9.17) is 19.2 Å². The van der Waals surface area contributed by atoms with E-state index < -0.39 is 59.3 Å². The minimum atomic E-state index is -1.98. The molecule has 8 rings (SSSR count). The van der Waals surface area contributed by atoms with E-state index in [0.717, 1.165) is 38.8 Å². The molecule has 0 fully saturated rings. The van der Waals surface area contributed by atoms with Crippen molar-refractivity contribution in [2.45, 2.75) is 103 Å². The molecule has 0 radical (unpaired) electrons. The molecule has 4 atom stereocenters. The van der Waals surface area contributed by atoms with Crippen LogP contribution in [0.1, 0.15) is 91.8 Å². The number of ether oxygens (including phenoxy) is 3. The fourth-order valence-corrected chi connectivity index (χ4v) is 9.12. The van der Waals surface area contributed by atoms with Gasteiger partial charge in [-0.1, -0.05) is 55.5 Å². The molecule has 3 aliphatic rings. The number of aromatic nitrogens is 2. The maximum atomic E-state index is 14.9.